The first kappa shape index (κ1) is 62.4. The van der Waals surface area contributed by atoms with Crippen molar-refractivity contribution in [3.05, 3.63) is 112 Å². The number of amides is 3. The monoisotopic (exact) mass is 1140 g/mol. The molecular formula is C59H76N8O15. The fourth-order valence-electron chi connectivity index (χ4n) is 9.49. The number of rotatable bonds is 31. The maximum atomic E-state index is 14.1. The highest BCUT2D eigenvalue weighted by Crippen LogP contribution is 2.43. The second kappa shape index (κ2) is 30.7. The van der Waals surface area contributed by atoms with Gasteiger partial charge in [0.15, 0.2) is 6.29 Å². The first-order valence-corrected chi connectivity index (χ1v) is 27.8. The number of aliphatic hydroxyl groups is 4. The zero-order valence-corrected chi connectivity index (χ0v) is 47.0. The first-order chi connectivity index (χ1) is 39.6. The highest BCUT2D eigenvalue weighted by molar-refractivity contribution is 6.10. The lowest BCUT2D eigenvalue weighted by Crippen LogP contribution is -2.59. The third-order valence-corrected chi connectivity index (χ3v) is 13.9. The molecule has 1 aromatic heterocycles. The van der Waals surface area contributed by atoms with E-state index < -0.39 is 61.1 Å². The Morgan fingerprint density at radius 2 is 1.57 bits per heavy atom. The van der Waals surface area contributed by atoms with Gasteiger partial charge in [0.05, 0.1) is 69.9 Å². The number of nitrogens with one attached hydrogen (secondary N) is 4. The van der Waals surface area contributed by atoms with Gasteiger partial charge in [-0.15, -0.1) is 5.10 Å². The minimum Gasteiger partial charge on any atom is -0.478 e. The van der Waals surface area contributed by atoms with Gasteiger partial charge < -0.3 is 74.9 Å². The summed E-state index contributed by atoms with van der Waals surface area (Å²) in [6, 6.07) is 18.2. The van der Waals surface area contributed by atoms with Crippen LogP contribution in [0.2, 0.25) is 0 Å². The summed E-state index contributed by atoms with van der Waals surface area (Å²) in [6.07, 6.45) is -3.49. The van der Waals surface area contributed by atoms with Gasteiger partial charge in [-0.1, -0.05) is 17.3 Å². The summed E-state index contributed by atoms with van der Waals surface area (Å²) >= 11 is 0. The van der Waals surface area contributed by atoms with Gasteiger partial charge in [0.1, 0.15) is 47.5 Å². The maximum absolute atomic E-state index is 14.1. The fourth-order valence-corrected chi connectivity index (χ4v) is 9.49. The van der Waals surface area contributed by atoms with Gasteiger partial charge in [-0.05, 0) is 125 Å². The highest BCUT2D eigenvalue weighted by atomic mass is 16.7. The van der Waals surface area contributed by atoms with Crippen molar-refractivity contribution in [1.82, 2.24) is 25.6 Å². The van der Waals surface area contributed by atoms with Crippen molar-refractivity contribution in [2.45, 2.75) is 110 Å². The van der Waals surface area contributed by atoms with Gasteiger partial charge in [-0.2, -0.15) is 0 Å². The van der Waals surface area contributed by atoms with E-state index in [9.17, 15) is 44.7 Å². The van der Waals surface area contributed by atoms with Gasteiger partial charge >= 0.3 is 5.97 Å². The number of carbonyl (C=O) groups excluding carboxylic acids is 3. The summed E-state index contributed by atoms with van der Waals surface area (Å²) in [4.78, 5) is 58.4. The summed E-state index contributed by atoms with van der Waals surface area (Å²) in [5.74, 6) is -1.77. The van der Waals surface area contributed by atoms with Gasteiger partial charge in [-0.25, -0.2) is 9.48 Å². The average Bonchev–Trinajstić information content (AvgIpc) is 1.91. The zero-order valence-electron chi connectivity index (χ0n) is 47.0. The molecule has 442 valence electrons. The number of nitrogens with zero attached hydrogens (tertiary/aromatic N) is 4. The lowest BCUT2D eigenvalue weighted by molar-refractivity contribution is -0.300. The smallest absolute Gasteiger partial charge is 0.336 e. The van der Waals surface area contributed by atoms with Crippen LogP contribution < -0.4 is 26.6 Å². The Balaban J connectivity index is 1.04. The number of ether oxygens (including phenoxy) is 5. The van der Waals surface area contributed by atoms with Crippen molar-refractivity contribution in [3.8, 4) is 22.5 Å². The van der Waals surface area contributed by atoms with E-state index in [1.54, 1.807) is 36.5 Å². The van der Waals surface area contributed by atoms with E-state index in [2.05, 4.69) is 36.6 Å². The Hall–Kier alpha value is -7.19. The molecule has 9 N–H and O–H groups in total. The maximum Gasteiger partial charge on any atom is 0.336 e. The summed E-state index contributed by atoms with van der Waals surface area (Å²) in [7, 11) is 0. The number of aromatic nitrogens is 3. The molecule has 3 aliphatic rings. The predicted molar refractivity (Wildman–Crippen MR) is 303 cm³/mol. The van der Waals surface area contributed by atoms with Crippen molar-refractivity contribution in [2.75, 3.05) is 83.1 Å². The number of carbonyl (C=O) groups is 4. The third kappa shape index (κ3) is 16.5. The van der Waals surface area contributed by atoms with E-state index in [1.165, 1.54) is 16.8 Å². The number of hydrogen-bond donors (Lipinski definition) is 9. The molecular weight excluding hydrogens is 1060 g/mol. The fraction of sp³-hybridized carbons (Fsp3) is 0.475. The molecule has 0 unspecified atom stereocenters. The molecule has 0 radical (unpaired) electrons. The number of aromatic carboxylic acids is 1. The SMILES string of the molecule is CCN=c1cc2oc3cc(NCC)c(C)cc3c(-c3cc(C(=O)NCc4cn([C@H](CCCCNC(=O)CCOCCOCCOCC)C(=O)Nc5ccc(CCO[C@H]6O[C@@H](CO)[C@H](O)[C@@H](O)[C@@H]6O)cc5)nn4)ccc3C(=O)O)c-2cc1C. The second-order valence-electron chi connectivity index (χ2n) is 19.8. The quantitative estimate of drug-likeness (QED) is 0.0211. The number of fused-ring (bicyclic) bond motifs is 2. The van der Waals surface area contributed by atoms with Crippen LogP contribution >= 0.6 is 0 Å². The van der Waals surface area contributed by atoms with E-state index in [0.717, 1.165) is 27.7 Å². The molecule has 2 aliphatic heterocycles. The molecule has 1 aliphatic carbocycles. The molecule has 3 heterocycles. The van der Waals surface area contributed by atoms with E-state index in [4.69, 9.17) is 28.1 Å². The van der Waals surface area contributed by atoms with Crippen LogP contribution in [0.4, 0.5) is 11.4 Å². The molecule has 4 aromatic rings. The molecule has 0 spiro atoms. The number of aliphatic hydroxyl groups excluding tert-OH is 4. The lowest BCUT2D eigenvalue weighted by atomic mass is 9.88. The van der Waals surface area contributed by atoms with Gasteiger partial charge in [0.25, 0.3) is 5.91 Å². The van der Waals surface area contributed by atoms with E-state index in [0.29, 0.717) is 123 Å². The number of unbranched alkanes of at least 4 members (excludes halogenated alkanes) is 1. The molecule has 3 amide bonds. The van der Waals surface area contributed by atoms with Gasteiger partial charge in [0, 0.05) is 78.2 Å². The Morgan fingerprint density at radius 1 is 0.817 bits per heavy atom. The van der Waals surface area contributed by atoms with Crippen molar-refractivity contribution in [1.29, 1.82) is 0 Å². The summed E-state index contributed by atoms with van der Waals surface area (Å²) in [6.45, 7) is 13.3. The molecule has 1 fully saturated rings. The van der Waals surface area contributed by atoms with Crippen LogP contribution in [0.25, 0.3) is 33.4 Å². The van der Waals surface area contributed by atoms with Crippen LogP contribution in [-0.4, -0.2) is 167 Å². The van der Waals surface area contributed by atoms with E-state index >= 15 is 0 Å². The average molecular weight is 1140 g/mol. The van der Waals surface area contributed by atoms with Crippen LogP contribution in [0, 0.1) is 13.8 Å². The molecule has 82 heavy (non-hydrogen) atoms. The van der Waals surface area contributed by atoms with Crippen LogP contribution in [-0.2, 0) is 46.2 Å². The van der Waals surface area contributed by atoms with Crippen molar-refractivity contribution < 1.29 is 72.8 Å². The Kier molecular flexibility index (Phi) is 23.4. The standard InChI is InChI=1S/C59H76N8O15/c1-6-60-45-30-48-43(27-35(45)4)52(44-28-36(5)46(61-7-2)31-49(44)81-48)42-29-38(14-17-41(42)58(75)76)56(73)63-32-40-33-67(66-65-40)47(11-9-10-20-62-51(69)19-21-78-25-26-79-24-23-77-8-3)57(74)64-39-15-12-37(13-16-39)18-22-80-59-55(72)54(71)53(70)50(34-68)82-59/h12-17,27-31,33,47,50,53-55,59-60,68,70-72H,6-11,18-26,32,34H2,1-5H3,(H,62,69)(H,63,73)(H,64,74)(H,75,76)/t47-,50+,53+,54-,55+,59+/m1/s1. The second-order valence-corrected chi connectivity index (χ2v) is 19.8. The molecule has 7 rings (SSSR count). The molecule has 1 saturated heterocycles. The highest BCUT2D eigenvalue weighted by Gasteiger charge is 2.44. The van der Waals surface area contributed by atoms with E-state index in [-0.39, 0.29) is 43.2 Å². The topological polar surface area (TPSA) is 320 Å². The number of carboxylic acid groups (broad SMARTS) is 1. The Labute approximate surface area is 475 Å². The number of carboxylic acids is 1. The molecule has 23 heteroatoms. The van der Waals surface area contributed by atoms with Crippen LogP contribution in [0.3, 0.4) is 0 Å². The number of benzene rings is 4. The normalized spacial score (nSPS) is 17.7. The van der Waals surface area contributed by atoms with Crippen LogP contribution in [0.5, 0.6) is 0 Å². The number of anilines is 2. The predicted octanol–water partition coefficient (Wildman–Crippen LogP) is 4.68. The number of hydrogen-bond acceptors (Lipinski definition) is 18. The van der Waals surface area contributed by atoms with Crippen molar-refractivity contribution >= 4 is 46.0 Å². The summed E-state index contributed by atoms with van der Waals surface area (Å²) < 4.78 is 35.2. The minimum atomic E-state index is -1.56. The van der Waals surface area contributed by atoms with Gasteiger partial charge in [-0.3, -0.25) is 19.4 Å². The van der Waals surface area contributed by atoms with E-state index in [1.807, 2.05) is 58.9 Å². The van der Waals surface area contributed by atoms with Crippen molar-refractivity contribution in [3.63, 3.8) is 0 Å². The summed E-state index contributed by atoms with van der Waals surface area (Å²) in [5.41, 5.74) is 6.52. The number of aryl methyl sites for hydroxylation is 2. The molecule has 23 nitrogen and oxygen atoms in total. The Morgan fingerprint density at radius 3 is 2.29 bits per heavy atom. The molecule has 6 atom stereocenters. The van der Waals surface area contributed by atoms with Gasteiger partial charge in [0.2, 0.25) is 11.8 Å². The van der Waals surface area contributed by atoms with Crippen LogP contribution in [0.15, 0.2) is 82.3 Å². The van der Waals surface area contributed by atoms with Crippen molar-refractivity contribution in [2.24, 2.45) is 4.99 Å². The molecule has 0 bridgehead atoms. The molecule has 0 saturated carbocycles. The third-order valence-electron chi connectivity index (χ3n) is 13.9. The molecule has 3 aromatic carbocycles. The largest absolute Gasteiger partial charge is 0.478 e. The first-order valence-electron chi connectivity index (χ1n) is 27.8. The van der Waals surface area contributed by atoms with Crippen LogP contribution in [0.1, 0.15) is 95.6 Å². The zero-order chi connectivity index (χ0) is 58.7. The minimum absolute atomic E-state index is 0.0135. The lowest BCUT2D eigenvalue weighted by Gasteiger charge is -2.39. The Bertz CT molecular complexity index is 3130. The summed E-state index contributed by atoms with van der Waals surface area (Å²) in [5, 5.41) is 72.8.